The summed E-state index contributed by atoms with van der Waals surface area (Å²) in [6.45, 7) is 0.687. The van der Waals surface area contributed by atoms with E-state index in [2.05, 4.69) is 5.32 Å². The molecule has 1 heterocycles. The Bertz CT molecular complexity index is 1220. The number of hydrogen-bond donors (Lipinski definition) is 5. The van der Waals surface area contributed by atoms with Gasteiger partial charge in [0.25, 0.3) is 0 Å². The summed E-state index contributed by atoms with van der Waals surface area (Å²) in [6, 6.07) is -1.10. The Morgan fingerprint density at radius 2 is 0.614 bits per heavy atom. The van der Waals surface area contributed by atoms with Gasteiger partial charge in [-0.25, -0.2) is 0 Å². The van der Waals surface area contributed by atoms with E-state index in [1.165, 1.54) is 6.92 Å². The van der Waals surface area contributed by atoms with E-state index in [9.17, 15) is 20.1 Å². The van der Waals surface area contributed by atoms with Crippen molar-refractivity contribution in [2.75, 3.05) is 6.61 Å². The number of aliphatic hydroxyl groups is 4. The third-order valence-corrected chi connectivity index (χ3v) is 2.27. The second kappa shape index (κ2) is 62.6. The Hall–Kier alpha value is 10.5. The Morgan fingerprint density at radius 3 is 0.737 bits per heavy atom. The molecule has 0 saturated carbocycles. The van der Waals surface area contributed by atoms with Gasteiger partial charge in [0.15, 0.2) is 6.29 Å². The number of amides is 1. The van der Waals surface area contributed by atoms with Gasteiger partial charge in [-0.1, -0.05) is 0 Å². The van der Waals surface area contributed by atoms with Gasteiger partial charge >= 0.3 is 355 Å². The van der Waals surface area contributed by atoms with E-state index in [0.717, 1.165) is 0 Å². The van der Waals surface area contributed by atoms with Crippen molar-refractivity contribution in [3.8, 4) is 0 Å². The SMILES string of the molecule is CC(=O)N[C@H]1C(O)O[C@H](CO)[C@H](O)[C@@H]1O.O=S(=O)([O-])[O-].O=S(=O)([O-])[O-].O=S(=O)([O-])[O-].O=S(=O)([O-])[O-].O=S(=O)([O-])[O-].O=S(=O)([O-])[O-].[Na+].[Na+].[Na+].[Na+].[Na+].[Na+].[Na+].[Na+].[Na+].[Na+].[Na+].[Na+]. The van der Waals surface area contributed by atoms with Gasteiger partial charge in [-0.15, -0.1) is 0 Å². The molecule has 1 amide bonds. The molecule has 0 aliphatic carbocycles. The maximum absolute atomic E-state index is 10.7. The van der Waals surface area contributed by atoms with E-state index >= 15 is 0 Å². The molecule has 1 aliphatic rings. The Morgan fingerprint density at radius 1 is 0.456 bits per heavy atom. The normalized spacial score (nSPS) is 17.0. The zero-order valence-electron chi connectivity index (χ0n) is 32.4. The molecule has 0 spiro atoms. The Kier molecular flexibility index (Phi) is 134. The third-order valence-electron chi connectivity index (χ3n) is 2.27. The van der Waals surface area contributed by atoms with Gasteiger partial charge in [0.1, 0.15) is 24.4 Å². The van der Waals surface area contributed by atoms with Gasteiger partial charge in [0.2, 0.25) is 5.91 Å². The zero-order valence-corrected chi connectivity index (χ0v) is 61.3. The van der Waals surface area contributed by atoms with E-state index in [-0.39, 0.29) is 355 Å². The molecule has 5 atom stereocenters. The van der Waals surface area contributed by atoms with E-state index < -0.39 is 106 Å². The van der Waals surface area contributed by atoms with Gasteiger partial charge in [-0.05, 0) is 0 Å². The minimum atomic E-state index is -5.17. The molecule has 0 radical (unpaired) electrons. The first kappa shape index (κ1) is 122. The van der Waals surface area contributed by atoms with Gasteiger partial charge in [0.05, 0.1) is 6.61 Å². The second-order valence-electron chi connectivity index (χ2n) is 5.90. The summed E-state index contributed by atoms with van der Waals surface area (Å²) in [6.07, 6.45) is -5.24. The molecule has 0 bridgehead atoms. The largest absolute Gasteiger partial charge is 1.00 e. The van der Waals surface area contributed by atoms with Crippen molar-refractivity contribution >= 4 is 68.3 Å². The molecule has 57 heavy (non-hydrogen) atoms. The summed E-state index contributed by atoms with van der Waals surface area (Å²) >= 11 is 0. The van der Waals surface area contributed by atoms with Crippen molar-refractivity contribution in [2.24, 2.45) is 0 Å². The number of hydrogen-bond acceptors (Lipinski definition) is 30. The molecule has 1 fully saturated rings. The molecule has 1 saturated heterocycles. The van der Waals surface area contributed by atoms with Crippen molar-refractivity contribution in [2.45, 2.75) is 37.6 Å². The van der Waals surface area contributed by atoms with Crippen molar-refractivity contribution in [1.82, 2.24) is 5.32 Å². The molecule has 5 N–H and O–H groups in total. The number of aliphatic hydroxyl groups excluding tert-OH is 4. The summed E-state index contributed by atoms with van der Waals surface area (Å²) in [4.78, 5) is 10.7. The summed E-state index contributed by atoms with van der Waals surface area (Å²) in [5.41, 5.74) is 0. The molecule has 0 aromatic carbocycles. The molecule has 0 aromatic heterocycles. The number of nitrogens with one attached hydrogen (secondary N) is 1. The molecule has 1 rings (SSSR count). The first-order chi connectivity index (χ1) is 19.0. The topological polar surface area (TPSA) is 601 Å². The average molecular weight is 1070 g/mol. The third kappa shape index (κ3) is 208. The number of ether oxygens (including phenoxy) is 1. The minimum absolute atomic E-state index is 0. The fraction of sp³-hybridized carbons (Fsp3) is 0.875. The van der Waals surface area contributed by atoms with Crippen LogP contribution in [-0.4, -0.2) is 169 Å². The maximum Gasteiger partial charge on any atom is 1.00 e. The fourth-order valence-corrected chi connectivity index (χ4v) is 1.49. The van der Waals surface area contributed by atoms with Gasteiger partial charge in [-0.3, -0.25) is 55.3 Å². The molecular formula is C8H15NNa12O30S6. The van der Waals surface area contributed by atoms with Gasteiger partial charge in [-0.2, -0.15) is 0 Å². The van der Waals surface area contributed by atoms with Crippen LogP contribution in [0.5, 0.6) is 0 Å². The summed E-state index contributed by atoms with van der Waals surface area (Å²) in [7, 11) is -31.0. The van der Waals surface area contributed by atoms with E-state index in [0.29, 0.717) is 0 Å². The quantitative estimate of drug-likeness (QED) is 0.0974. The van der Waals surface area contributed by atoms with Crippen molar-refractivity contribution in [3.63, 3.8) is 0 Å². The Balaban J connectivity index is -0.0000000200. The fourth-order valence-electron chi connectivity index (χ4n) is 1.49. The first-order valence-electron chi connectivity index (χ1n) is 8.55. The molecule has 49 heteroatoms. The van der Waals surface area contributed by atoms with Crippen molar-refractivity contribution in [1.29, 1.82) is 0 Å². The monoisotopic (exact) mass is 1070 g/mol. The molecule has 0 aromatic rings. The van der Waals surface area contributed by atoms with Crippen LogP contribution in [0.3, 0.4) is 0 Å². The van der Waals surface area contributed by atoms with Crippen LogP contribution in [-0.2, 0) is 71.9 Å². The minimum Gasteiger partial charge on any atom is -0.759 e. The van der Waals surface area contributed by atoms with Crippen LogP contribution in [0.15, 0.2) is 0 Å². The number of rotatable bonds is 2. The first-order valence-corrected chi connectivity index (χ1v) is 16.5. The van der Waals surface area contributed by atoms with Crippen LogP contribution < -0.4 is 360 Å². The Labute approximate surface area is 593 Å². The second-order valence-corrected chi connectivity index (χ2v) is 10.8. The predicted octanol–water partition coefficient (Wildman–Crippen LogP) is -47.1. The van der Waals surface area contributed by atoms with Gasteiger partial charge in [0, 0.05) is 69.3 Å². The van der Waals surface area contributed by atoms with E-state index in [4.69, 9.17) is 115 Å². The number of carbonyl (C=O) groups is 1. The van der Waals surface area contributed by atoms with Crippen LogP contribution in [0.25, 0.3) is 0 Å². The van der Waals surface area contributed by atoms with Crippen molar-refractivity contribution in [3.05, 3.63) is 0 Å². The summed E-state index contributed by atoms with van der Waals surface area (Å²) in [5.74, 6) is -0.462. The number of carbonyl (C=O) groups excluding carboxylic acids is 1. The molecule has 31 nitrogen and oxygen atoms in total. The van der Waals surface area contributed by atoms with E-state index in [1.54, 1.807) is 0 Å². The summed E-state index contributed by atoms with van der Waals surface area (Å²) < 4.78 is 209. The standard InChI is InChI=1S/C8H15NO6.12Na.6H2O4S/c1-3(11)9-5-7(13)6(12)4(2-10)15-8(5)14;;;;;;;;;;;;;6*1-5(2,3)4/h4-8,10,12-14H,2H2,1H3,(H,9,11);;;;;;;;;;;;;6*(H2,1,2,3,4)/q;12*+1;;;;;;/p-12/t4-,5-,6+,7-,8?;;;;;;;;;;;;;;;;;;/m1................../s1. The maximum atomic E-state index is 10.7. The summed E-state index contributed by atoms with van der Waals surface area (Å²) in [5, 5.41) is 39.4. The van der Waals surface area contributed by atoms with Crippen LogP contribution in [0.1, 0.15) is 6.92 Å². The molecule has 1 aliphatic heterocycles. The molecular weight excluding hydrogens is 1060 g/mol. The van der Waals surface area contributed by atoms with Crippen LogP contribution in [0.2, 0.25) is 0 Å². The smallest absolute Gasteiger partial charge is 0.759 e. The van der Waals surface area contributed by atoms with E-state index in [1.807, 2.05) is 0 Å². The van der Waals surface area contributed by atoms with Crippen LogP contribution in [0, 0.1) is 0 Å². The molecule has 1 unspecified atom stereocenters. The average Bonchev–Trinajstić information content (AvgIpc) is 2.60. The van der Waals surface area contributed by atoms with Crippen LogP contribution in [0.4, 0.5) is 0 Å². The van der Waals surface area contributed by atoms with Crippen molar-refractivity contribution < 1.29 is 490 Å². The molecule has 280 valence electrons. The van der Waals surface area contributed by atoms with Crippen LogP contribution >= 0.6 is 0 Å². The predicted molar refractivity (Wildman–Crippen MR) is 110 cm³/mol. The van der Waals surface area contributed by atoms with Gasteiger partial charge < -0.3 is 85.1 Å². The zero-order chi connectivity index (χ0) is 38.6.